The number of aryl methyl sites for hydroxylation is 1. The highest BCUT2D eigenvalue weighted by molar-refractivity contribution is 5.46. The van der Waals surface area contributed by atoms with Crippen LogP contribution in [0.5, 0.6) is 0 Å². The molecule has 0 atom stereocenters. The van der Waals surface area contributed by atoms with Crippen molar-refractivity contribution < 1.29 is 0 Å². The Morgan fingerprint density at radius 2 is 2.20 bits per heavy atom. The predicted molar refractivity (Wildman–Crippen MR) is 64.4 cm³/mol. The maximum Gasteiger partial charge on any atom is 0.126 e. The third-order valence-electron chi connectivity index (χ3n) is 3.03. The van der Waals surface area contributed by atoms with Gasteiger partial charge in [-0.1, -0.05) is 13.8 Å². The zero-order chi connectivity index (χ0) is 10.8. The highest BCUT2D eigenvalue weighted by atomic mass is 15.0. The van der Waals surface area contributed by atoms with Crippen LogP contribution in [0.1, 0.15) is 37.1 Å². The third kappa shape index (κ3) is 2.14. The molecule has 1 aliphatic carbocycles. The number of aromatic nitrogens is 1. The van der Waals surface area contributed by atoms with Crippen molar-refractivity contribution in [2.24, 2.45) is 5.92 Å². The van der Waals surface area contributed by atoms with Crippen LogP contribution in [0.25, 0.3) is 0 Å². The van der Waals surface area contributed by atoms with Crippen LogP contribution in [0.3, 0.4) is 0 Å². The smallest absolute Gasteiger partial charge is 0.126 e. The van der Waals surface area contributed by atoms with Gasteiger partial charge in [-0.2, -0.15) is 0 Å². The molecule has 1 N–H and O–H groups in total. The Morgan fingerprint density at radius 1 is 1.40 bits per heavy atom. The molecular formula is C13H20N2. The van der Waals surface area contributed by atoms with Crippen LogP contribution in [-0.2, 0) is 19.3 Å². The van der Waals surface area contributed by atoms with Crippen molar-refractivity contribution in [2.45, 2.75) is 39.5 Å². The first kappa shape index (κ1) is 10.5. The molecule has 1 aliphatic rings. The summed E-state index contributed by atoms with van der Waals surface area (Å²) in [5.74, 6) is 1.72. The molecular weight excluding hydrogens is 184 g/mol. The number of anilines is 1. The van der Waals surface area contributed by atoms with E-state index in [1.54, 1.807) is 0 Å². The Kier molecular flexibility index (Phi) is 2.94. The van der Waals surface area contributed by atoms with E-state index >= 15 is 0 Å². The van der Waals surface area contributed by atoms with Crippen molar-refractivity contribution in [3.63, 3.8) is 0 Å². The van der Waals surface area contributed by atoms with Gasteiger partial charge in [0.05, 0.1) is 0 Å². The fourth-order valence-electron chi connectivity index (χ4n) is 2.35. The van der Waals surface area contributed by atoms with E-state index in [2.05, 4.69) is 25.2 Å². The number of pyridine rings is 1. The summed E-state index contributed by atoms with van der Waals surface area (Å²) in [6.07, 6.45) is 4.87. The quantitative estimate of drug-likeness (QED) is 0.819. The lowest BCUT2D eigenvalue weighted by atomic mass is 10.0. The maximum absolute atomic E-state index is 4.69. The van der Waals surface area contributed by atoms with Gasteiger partial charge < -0.3 is 5.32 Å². The van der Waals surface area contributed by atoms with Gasteiger partial charge in [0.1, 0.15) is 5.82 Å². The molecule has 2 nitrogen and oxygen atoms in total. The van der Waals surface area contributed by atoms with Crippen molar-refractivity contribution in [2.75, 3.05) is 12.4 Å². The minimum atomic E-state index is 0.689. The van der Waals surface area contributed by atoms with Crippen LogP contribution in [0.2, 0.25) is 0 Å². The van der Waals surface area contributed by atoms with E-state index in [4.69, 9.17) is 4.98 Å². The minimum Gasteiger partial charge on any atom is -0.373 e. The number of hydrogen-bond donors (Lipinski definition) is 1. The van der Waals surface area contributed by atoms with Gasteiger partial charge in [0, 0.05) is 12.7 Å². The Bertz CT molecular complexity index is 356. The number of nitrogens with one attached hydrogen (secondary N) is 1. The average Bonchev–Trinajstić information content (AvgIpc) is 2.64. The van der Waals surface area contributed by atoms with Gasteiger partial charge >= 0.3 is 0 Å². The maximum atomic E-state index is 4.69. The highest BCUT2D eigenvalue weighted by Crippen LogP contribution is 2.28. The van der Waals surface area contributed by atoms with E-state index in [1.165, 1.54) is 36.1 Å². The molecule has 0 bridgehead atoms. The lowest BCUT2D eigenvalue weighted by molar-refractivity contribution is 0.631. The standard InChI is InChI=1S/C13H20N2/c1-9(2)7-12-11-6-4-5-10(11)8-13(14-3)15-12/h8-9H,4-7H2,1-3H3,(H,14,15). The lowest BCUT2D eigenvalue weighted by Crippen LogP contribution is -2.05. The van der Waals surface area contributed by atoms with Gasteiger partial charge in [0.2, 0.25) is 0 Å². The molecule has 0 spiro atoms. The molecule has 0 radical (unpaired) electrons. The summed E-state index contributed by atoms with van der Waals surface area (Å²) in [5, 5.41) is 3.16. The van der Waals surface area contributed by atoms with Crippen LogP contribution >= 0.6 is 0 Å². The first-order chi connectivity index (χ1) is 7.20. The summed E-state index contributed by atoms with van der Waals surface area (Å²) in [6, 6.07) is 2.21. The second kappa shape index (κ2) is 4.21. The molecule has 1 aromatic rings. The summed E-state index contributed by atoms with van der Waals surface area (Å²) < 4.78 is 0. The summed E-state index contributed by atoms with van der Waals surface area (Å²) in [6.45, 7) is 4.52. The number of nitrogens with zero attached hydrogens (tertiary/aromatic N) is 1. The van der Waals surface area contributed by atoms with Gasteiger partial charge in [-0.05, 0) is 48.8 Å². The first-order valence-corrected chi connectivity index (χ1v) is 5.90. The molecule has 0 aliphatic heterocycles. The minimum absolute atomic E-state index is 0.689. The average molecular weight is 204 g/mol. The van der Waals surface area contributed by atoms with Gasteiger partial charge in [-0.3, -0.25) is 0 Å². The van der Waals surface area contributed by atoms with E-state index in [-0.39, 0.29) is 0 Å². The largest absolute Gasteiger partial charge is 0.373 e. The molecule has 15 heavy (non-hydrogen) atoms. The van der Waals surface area contributed by atoms with Crippen molar-refractivity contribution in [1.82, 2.24) is 4.98 Å². The molecule has 0 amide bonds. The number of hydrogen-bond acceptors (Lipinski definition) is 2. The zero-order valence-electron chi connectivity index (χ0n) is 9.93. The van der Waals surface area contributed by atoms with Crippen LogP contribution in [0, 0.1) is 5.92 Å². The Labute approximate surface area is 92.1 Å². The summed E-state index contributed by atoms with van der Waals surface area (Å²) in [5.41, 5.74) is 4.37. The fourth-order valence-corrected chi connectivity index (χ4v) is 2.35. The Balaban J connectivity index is 2.38. The predicted octanol–water partition coefficient (Wildman–Crippen LogP) is 2.81. The lowest BCUT2D eigenvalue weighted by Gasteiger charge is -2.12. The molecule has 0 aromatic carbocycles. The van der Waals surface area contributed by atoms with Crippen LogP contribution in [0.15, 0.2) is 6.07 Å². The van der Waals surface area contributed by atoms with Crippen molar-refractivity contribution in [1.29, 1.82) is 0 Å². The van der Waals surface area contributed by atoms with Gasteiger partial charge in [0.25, 0.3) is 0 Å². The van der Waals surface area contributed by atoms with Gasteiger partial charge in [0.15, 0.2) is 0 Å². The molecule has 0 fully saturated rings. The normalized spacial score (nSPS) is 14.4. The van der Waals surface area contributed by atoms with Crippen molar-refractivity contribution >= 4 is 5.82 Å². The summed E-state index contributed by atoms with van der Waals surface area (Å²) in [4.78, 5) is 4.69. The molecule has 0 saturated carbocycles. The van der Waals surface area contributed by atoms with E-state index in [1.807, 2.05) is 7.05 Å². The Morgan fingerprint density at radius 3 is 2.87 bits per heavy atom. The second-order valence-corrected chi connectivity index (χ2v) is 4.79. The molecule has 82 valence electrons. The van der Waals surface area contributed by atoms with Crippen molar-refractivity contribution in [3.8, 4) is 0 Å². The summed E-state index contributed by atoms with van der Waals surface area (Å²) >= 11 is 0. The fraction of sp³-hybridized carbons (Fsp3) is 0.615. The third-order valence-corrected chi connectivity index (χ3v) is 3.03. The number of rotatable bonds is 3. The SMILES string of the molecule is CNc1cc2c(c(CC(C)C)n1)CCC2. The molecule has 0 unspecified atom stereocenters. The van der Waals surface area contributed by atoms with E-state index < -0.39 is 0 Å². The monoisotopic (exact) mass is 204 g/mol. The van der Waals surface area contributed by atoms with Crippen LogP contribution in [-0.4, -0.2) is 12.0 Å². The zero-order valence-corrected chi connectivity index (χ0v) is 9.93. The van der Waals surface area contributed by atoms with E-state index in [0.29, 0.717) is 5.92 Å². The van der Waals surface area contributed by atoms with E-state index in [9.17, 15) is 0 Å². The number of fused-ring (bicyclic) bond motifs is 1. The Hall–Kier alpha value is -1.05. The summed E-state index contributed by atoms with van der Waals surface area (Å²) in [7, 11) is 1.95. The van der Waals surface area contributed by atoms with Gasteiger partial charge in [-0.25, -0.2) is 4.98 Å². The van der Waals surface area contributed by atoms with Crippen LogP contribution in [0.4, 0.5) is 5.82 Å². The molecule has 1 heterocycles. The second-order valence-electron chi connectivity index (χ2n) is 4.79. The first-order valence-electron chi connectivity index (χ1n) is 5.90. The molecule has 0 saturated heterocycles. The molecule has 1 aromatic heterocycles. The molecule has 2 rings (SSSR count). The van der Waals surface area contributed by atoms with Crippen LogP contribution < -0.4 is 5.32 Å². The topological polar surface area (TPSA) is 24.9 Å². The molecule has 2 heteroatoms. The van der Waals surface area contributed by atoms with Gasteiger partial charge in [-0.15, -0.1) is 0 Å². The van der Waals surface area contributed by atoms with E-state index in [0.717, 1.165) is 12.2 Å². The van der Waals surface area contributed by atoms with Crippen molar-refractivity contribution in [3.05, 3.63) is 22.9 Å². The highest BCUT2D eigenvalue weighted by Gasteiger charge is 2.17.